The zero-order chi connectivity index (χ0) is 23.5. The number of likely N-dealkylation sites (N-methyl/N-ethyl adjacent to an activating group) is 1. The van der Waals surface area contributed by atoms with Crippen LogP contribution in [-0.4, -0.2) is 54.2 Å². The highest BCUT2D eigenvalue weighted by molar-refractivity contribution is 5.81. The Morgan fingerprint density at radius 3 is 2.55 bits per heavy atom. The summed E-state index contributed by atoms with van der Waals surface area (Å²) >= 11 is 0. The third kappa shape index (κ3) is 3.91. The average Bonchev–Trinajstić information content (AvgIpc) is 3.25. The summed E-state index contributed by atoms with van der Waals surface area (Å²) < 4.78 is 45.0. The number of pyridine rings is 1. The van der Waals surface area contributed by atoms with Gasteiger partial charge in [0.2, 0.25) is 5.91 Å². The summed E-state index contributed by atoms with van der Waals surface area (Å²) in [5.41, 5.74) is 4.37. The second-order valence-electron chi connectivity index (χ2n) is 10.3. The van der Waals surface area contributed by atoms with E-state index < -0.39 is 17.3 Å². The average molecular weight is 467 g/mol. The summed E-state index contributed by atoms with van der Waals surface area (Å²) in [6.45, 7) is 0.839. The zero-order valence-electron chi connectivity index (χ0n) is 18.6. The highest BCUT2D eigenvalue weighted by atomic mass is 19.4. The quantitative estimate of drug-likeness (QED) is 0.735. The number of halogens is 3. The second kappa shape index (κ2) is 7.77. The van der Waals surface area contributed by atoms with Gasteiger partial charge in [-0.15, -0.1) is 0 Å². The number of rotatable bonds is 4. The molecule has 1 aromatic rings. The molecular weight excluding hydrogens is 437 g/mol. The van der Waals surface area contributed by atoms with Gasteiger partial charge in [0.25, 0.3) is 0 Å². The Labute approximate surface area is 190 Å². The zero-order valence-corrected chi connectivity index (χ0v) is 18.6. The fourth-order valence-corrected chi connectivity index (χ4v) is 6.85. The third-order valence-electron chi connectivity index (χ3n) is 8.30. The second-order valence-corrected chi connectivity index (χ2v) is 10.3. The first-order valence-corrected chi connectivity index (χ1v) is 11.6. The van der Waals surface area contributed by atoms with Crippen molar-refractivity contribution in [2.45, 2.75) is 56.8 Å². The lowest BCUT2D eigenvalue weighted by Crippen LogP contribution is -2.59. The van der Waals surface area contributed by atoms with Crippen molar-refractivity contribution in [1.82, 2.24) is 9.88 Å². The summed E-state index contributed by atoms with van der Waals surface area (Å²) in [5, 5.41) is 0. The molecular formula is C23H29F3N4O3. The van der Waals surface area contributed by atoms with Crippen LogP contribution >= 0.6 is 0 Å². The Balaban J connectivity index is 1.21. The van der Waals surface area contributed by atoms with Crippen LogP contribution in [0.25, 0.3) is 0 Å². The van der Waals surface area contributed by atoms with Crippen molar-refractivity contribution in [3.63, 3.8) is 0 Å². The molecule has 3 atom stereocenters. The molecule has 4 aliphatic carbocycles. The van der Waals surface area contributed by atoms with E-state index in [1.54, 1.807) is 22.9 Å². The van der Waals surface area contributed by atoms with Crippen molar-refractivity contribution in [2.24, 2.45) is 28.9 Å². The Morgan fingerprint density at radius 1 is 1.21 bits per heavy atom. The van der Waals surface area contributed by atoms with Gasteiger partial charge in [0.05, 0.1) is 5.41 Å². The highest BCUT2D eigenvalue weighted by Gasteiger charge is 2.59. The van der Waals surface area contributed by atoms with Gasteiger partial charge in [0.15, 0.2) is 0 Å². The number of aromatic nitrogens is 1. The Morgan fingerprint density at radius 2 is 1.91 bits per heavy atom. The lowest BCUT2D eigenvalue weighted by atomic mass is 9.48. The van der Waals surface area contributed by atoms with Gasteiger partial charge in [-0.3, -0.25) is 4.79 Å². The molecule has 2 amide bonds. The normalized spacial score (nSPS) is 35.0. The van der Waals surface area contributed by atoms with E-state index in [0.29, 0.717) is 38.3 Å². The number of carbonyl (C=O) groups excluding carboxylic acids is 2. The number of alkyl halides is 3. The van der Waals surface area contributed by atoms with E-state index >= 15 is 0 Å². The minimum absolute atomic E-state index is 0.148. The third-order valence-corrected chi connectivity index (χ3v) is 8.30. The van der Waals surface area contributed by atoms with Gasteiger partial charge >= 0.3 is 12.3 Å². The van der Waals surface area contributed by atoms with E-state index in [0.717, 1.165) is 25.3 Å². The predicted octanol–water partition coefficient (Wildman–Crippen LogP) is 3.43. The van der Waals surface area contributed by atoms with Crippen LogP contribution in [0.15, 0.2) is 18.2 Å². The van der Waals surface area contributed by atoms with Crippen LogP contribution in [-0.2, 0) is 15.7 Å². The number of ether oxygens (including phenoxy) is 1. The topological polar surface area (TPSA) is 88.8 Å². The number of carbonyl (C=O) groups is 2. The molecule has 2 heterocycles. The molecule has 1 saturated heterocycles. The monoisotopic (exact) mass is 466 g/mol. The van der Waals surface area contributed by atoms with Crippen molar-refractivity contribution >= 4 is 17.8 Å². The van der Waals surface area contributed by atoms with Crippen LogP contribution in [0.2, 0.25) is 0 Å². The van der Waals surface area contributed by atoms with Crippen LogP contribution in [0, 0.1) is 23.2 Å². The number of hydrogen-bond donors (Lipinski definition) is 1. The largest absolute Gasteiger partial charge is 0.446 e. The number of anilines is 1. The molecule has 6 rings (SSSR count). The summed E-state index contributed by atoms with van der Waals surface area (Å²) in [7, 11) is 1.70. The van der Waals surface area contributed by atoms with E-state index in [-0.39, 0.29) is 41.8 Å². The van der Waals surface area contributed by atoms with Gasteiger partial charge in [0, 0.05) is 26.2 Å². The molecule has 7 nitrogen and oxygen atoms in total. The van der Waals surface area contributed by atoms with Gasteiger partial charge in [-0.05, 0) is 68.4 Å². The predicted molar refractivity (Wildman–Crippen MR) is 113 cm³/mol. The standard InChI is InChI=1S/C23H29F3N4O3/c1-29(18-4-2-3-17(28-18)23(24,25)26)16-5-6-30(12-16)21(32)33-19-14-7-13-8-15(19)11-22(9-13,10-14)20(27)31/h2-4,13-16,19H,5-12H2,1H3,(H2,27,31). The van der Waals surface area contributed by atoms with Crippen LogP contribution in [0.3, 0.4) is 0 Å². The van der Waals surface area contributed by atoms with Gasteiger partial charge in [-0.2, -0.15) is 13.2 Å². The molecule has 1 aliphatic heterocycles. The first kappa shape index (κ1) is 22.3. The fraction of sp³-hybridized carbons (Fsp3) is 0.696. The molecule has 3 unspecified atom stereocenters. The molecule has 10 heteroatoms. The van der Waals surface area contributed by atoms with Gasteiger partial charge in [-0.25, -0.2) is 9.78 Å². The molecule has 1 aromatic heterocycles. The summed E-state index contributed by atoms with van der Waals surface area (Å²) in [6, 6.07) is 3.68. The van der Waals surface area contributed by atoms with Crippen molar-refractivity contribution in [1.29, 1.82) is 0 Å². The van der Waals surface area contributed by atoms with Crippen LogP contribution in [0.4, 0.5) is 23.8 Å². The molecule has 2 N–H and O–H groups in total. The number of amides is 2. The van der Waals surface area contributed by atoms with E-state index in [2.05, 4.69) is 4.98 Å². The minimum Gasteiger partial charge on any atom is -0.446 e. The first-order valence-electron chi connectivity index (χ1n) is 11.6. The summed E-state index contributed by atoms with van der Waals surface area (Å²) in [5.74, 6) is 0.823. The van der Waals surface area contributed by atoms with E-state index in [4.69, 9.17) is 10.5 Å². The molecule has 5 fully saturated rings. The van der Waals surface area contributed by atoms with E-state index in [1.807, 2.05) is 0 Å². The lowest BCUT2D eigenvalue weighted by molar-refractivity contribution is -0.161. The molecule has 0 spiro atoms. The SMILES string of the molecule is CN(c1cccc(C(F)(F)F)n1)C1CCN(C(=O)OC2C3CC4CC2CC(C(N)=O)(C4)C3)C1. The van der Waals surface area contributed by atoms with Crippen LogP contribution < -0.4 is 10.6 Å². The first-order chi connectivity index (χ1) is 15.6. The number of likely N-dealkylation sites (tertiary alicyclic amines) is 1. The number of hydrogen-bond acceptors (Lipinski definition) is 5. The van der Waals surface area contributed by atoms with Gasteiger partial charge in [-0.1, -0.05) is 6.07 Å². The number of primary amides is 1. The fourth-order valence-electron chi connectivity index (χ4n) is 6.85. The molecule has 4 bridgehead atoms. The van der Waals surface area contributed by atoms with Crippen molar-refractivity contribution in [2.75, 3.05) is 25.0 Å². The Bertz CT molecular complexity index is 939. The molecule has 180 valence electrons. The van der Waals surface area contributed by atoms with Crippen LogP contribution in [0.1, 0.15) is 44.2 Å². The molecule has 0 aromatic carbocycles. The molecule has 4 saturated carbocycles. The minimum atomic E-state index is -4.51. The van der Waals surface area contributed by atoms with Crippen molar-refractivity contribution < 1.29 is 27.5 Å². The summed E-state index contributed by atoms with van der Waals surface area (Å²) in [4.78, 5) is 32.2. The maximum atomic E-state index is 13.0. The Hall–Kier alpha value is -2.52. The molecule has 33 heavy (non-hydrogen) atoms. The van der Waals surface area contributed by atoms with Crippen molar-refractivity contribution in [3.05, 3.63) is 23.9 Å². The molecule has 0 radical (unpaired) electrons. The van der Waals surface area contributed by atoms with Gasteiger partial charge in [0.1, 0.15) is 17.6 Å². The maximum Gasteiger partial charge on any atom is 0.433 e. The Kier molecular flexibility index (Phi) is 5.25. The number of nitrogens with zero attached hydrogens (tertiary/aromatic N) is 3. The van der Waals surface area contributed by atoms with E-state index in [1.165, 1.54) is 6.07 Å². The maximum absolute atomic E-state index is 13.0. The van der Waals surface area contributed by atoms with Gasteiger partial charge < -0.3 is 20.3 Å². The lowest BCUT2D eigenvalue weighted by Gasteiger charge is -2.58. The molecule has 5 aliphatic rings. The van der Waals surface area contributed by atoms with Crippen molar-refractivity contribution in [3.8, 4) is 0 Å². The van der Waals surface area contributed by atoms with Crippen LogP contribution in [0.5, 0.6) is 0 Å². The smallest absolute Gasteiger partial charge is 0.433 e. The number of nitrogens with two attached hydrogens (primary N) is 1. The van der Waals surface area contributed by atoms with E-state index in [9.17, 15) is 22.8 Å². The highest BCUT2D eigenvalue weighted by Crippen LogP contribution is 2.60. The summed E-state index contributed by atoms with van der Waals surface area (Å²) in [6.07, 6.45) is -0.273.